The maximum Gasteiger partial charge on any atom is 0.490 e. The van der Waals surface area contributed by atoms with Gasteiger partial charge < -0.3 is 19.6 Å². The molecule has 0 saturated heterocycles. The number of carbonyl (C=O) groups is 1. The number of benzene rings is 2. The zero-order chi connectivity index (χ0) is 31.1. The van der Waals surface area contributed by atoms with Gasteiger partial charge in [-0.3, -0.25) is 9.88 Å². The number of ether oxygens (including phenoxy) is 1. The zero-order valence-electron chi connectivity index (χ0n) is 23.1. The average Bonchev–Trinajstić information content (AvgIpc) is 2.98. The normalized spacial score (nSPS) is 20.2. The fraction of sp³-hybridized carbons (Fsp3) is 0.519. The Morgan fingerprint density at radius 3 is 2.24 bits per heavy atom. The summed E-state index contributed by atoms with van der Waals surface area (Å²) in [5.74, 6) is -2.23. The number of nitrogens with one attached hydrogen (secondary N) is 1. The Morgan fingerprint density at radius 1 is 1.15 bits per heavy atom. The molecule has 0 unspecified atom stereocenters. The number of fused-ring (bicyclic) bond motifs is 1. The number of halogens is 3. The van der Waals surface area contributed by atoms with E-state index in [1.807, 2.05) is 37.3 Å². The first-order valence-electron chi connectivity index (χ1n) is 13.1. The van der Waals surface area contributed by atoms with E-state index < -0.39 is 35.1 Å². The second-order valence-electron chi connectivity index (χ2n) is 9.98. The molecule has 1 aliphatic heterocycles. The van der Waals surface area contributed by atoms with Crippen LogP contribution < -0.4 is 10.1 Å². The molecule has 0 amide bonds. The maximum absolute atomic E-state index is 13.8. The summed E-state index contributed by atoms with van der Waals surface area (Å²) in [4.78, 5) is 27.6. The molecule has 2 aromatic carbocycles. The number of methoxy groups -OCH3 is 1. The lowest BCUT2D eigenvalue weighted by Crippen LogP contribution is -2.50. The van der Waals surface area contributed by atoms with E-state index >= 15 is 0 Å². The first-order chi connectivity index (χ1) is 19.0. The van der Waals surface area contributed by atoms with Gasteiger partial charge in [-0.05, 0) is 54.5 Å². The Labute approximate surface area is 238 Å². The Bertz CT molecular complexity index is 1330. The van der Waals surface area contributed by atoms with E-state index in [1.54, 1.807) is 12.1 Å². The highest BCUT2D eigenvalue weighted by atomic mass is 32.2. The smallest absolute Gasteiger partial charge is 0.490 e. The molecule has 0 saturated carbocycles. The summed E-state index contributed by atoms with van der Waals surface area (Å²) in [7, 11) is -6.25. The third-order valence-corrected chi connectivity index (χ3v) is 9.79. The van der Waals surface area contributed by atoms with Crippen molar-refractivity contribution in [2.75, 3.05) is 19.0 Å². The Hall–Kier alpha value is -2.44. The molecule has 4 N–H and O–H groups in total. The van der Waals surface area contributed by atoms with Gasteiger partial charge in [-0.2, -0.15) is 13.2 Å². The van der Waals surface area contributed by atoms with Gasteiger partial charge >= 0.3 is 19.7 Å². The lowest BCUT2D eigenvalue weighted by Gasteiger charge is -2.36. The van der Waals surface area contributed by atoms with Crippen molar-refractivity contribution in [3.05, 3.63) is 59.2 Å². The molecular weight excluding hydrogens is 586 g/mol. The van der Waals surface area contributed by atoms with Crippen LogP contribution in [0, 0.1) is 0 Å². The first-order valence-corrected chi connectivity index (χ1v) is 16.5. The standard InChI is InChI=1S/C25H36NO6PS.C2HF3O2/c1-4-6-14-25(5-2)18-34(30,31)23-16-20(13-10-15-33(27,28)29)22(32-3)17-21(23)24(26-25)19-11-8-7-9-12-19;3-2(4,5)1(6)7/h7-9,11-12,16-17,24,26H,4-6,10,13-15,18H2,1-3H3,(H2,27,28,29);(H,6,7)/t24-,25-;/m1./s1. The lowest BCUT2D eigenvalue weighted by molar-refractivity contribution is -0.192. The molecule has 2 aromatic rings. The minimum absolute atomic E-state index is 0.00108. The van der Waals surface area contributed by atoms with E-state index in [4.69, 9.17) is 14.6 Å². The van der Waals surface area contributed by atoms with Crippen LogP contribution >= 0.6 is 7.60 Å². The fourth-order valence-electron chi connectivity index (χ4n) is 4.79. The van der Waals surface area contributed by atoms with Crippen molar-refractivity contribution >= 4 is 23.4 Å². The number of sulfone groups is 1. The lowest BCUT2D eigenvalue weighted by atomic mass is 9.87. The minimum atomic E-state index is -5.08. The van der Waals surface area contributed by atoms with Crippen LogP contribution in [0.2, 0.25) is 0 Å². The molecule has 41 heavy (non-hydrogen) atoms. The summed E-state index contributed by atoms with van der Waals surface area (Å²) in [5.41, 5.74) is 1.70. The molecule has 1 aliphatic rings. The van der Waals surface area contributed by atoms with Crippen LogP contribution in [0.1, 0.15) is 68.7 Å². The highest BCUT2D eigenvalue weighted by Gasteiger charge is 2.42. The molecular formula is C27H37F3NO8PS. The van der Waals surface area contributed by atoms with Gasteiger partial charge in [-0.15, -0.1) is 0 Å². The van der Waals surface area contributed by atoms with E-state index in [0.717, 1.165) is 24.8 Å². The number of aliphatic carboxylic acids is 1. The van der Waals surface area contributed by atoms with Crippen LogP contribution in [-0.2, 0) is 25.6 Å². The van der Waals surface area contributed by atoms with Crippen LogP contribution in [0.25, 0.3) is 0 Å². The van der Waals surface area contributed by atoms with Crippen LogP contribution in [0.15, 0.2) is 47.4 Å². The van der Waals surface area contributed by atoms with Gasteiger partial charge in [0.15, 0.2) is 9.84 Å². The van der Waals surface area contributed by atoms with E-state index in [0.29, 0.717) is 29.7 Å². The maximum atomic E-state index is 13.8. The Morgan fingerprint density at radius 2 is 1.76 bits per heavy atom. The molecule has 1 heterocycles. The van der Waals surface area contributed by atoms with Crippen LogP contribution in [-0.4, -0.2) is 60.0 Å². The summed E-state index contributed by atoms with van der Waals surface area (Å²) in [5, 5.41) is 10.9. The number of rotatable bonds is 10. The van der Waals surface area contributed by atoms with Gasteiger partial charge in [-0.25, -0.2) is 13.2 Å². The predicted molar refractivity (Wildman–Crippen MR) is 148 cm³/mol. The second kappa shape index (κ2) is 14.2. The van der Waals surface area contributed by atoms with Crippen molar-refractivity contribution in [2.45, 2.75) is 75.0 Å². The molecule has 9 nitrogen and oxygen atoms in total. The topological polar surface area (TPSA) is 150 Å². The van der Waals surface area contributed by atoms with Crippen LogP contribution in [0.4, 0.5) is 13.2 Å². The molecule has 0 bridgehead atoms. The number of carboxylic acids is 1. The van der Waals surface area contributed by atoms with Crippen molar-refractivity contribution in [3.63, 3.8) is 0 Å². The number of carboxylic acid groups (broad SMARTS) is 1. The van der Waals surface area contributed by atoms with Gasteiger partial charge in [0.05, 0.1) is 30.0 Å². The van der Waals surface area contributed by atoms with Gasteiger partial charge in [0.1, 0.15) is 5.75 Å². The molecule has 0 fully saturated rings. The Balaban J connectivity index is 0.000000745. The molecule has 2 atom stereocenters. The van der Waals surface area contributed by atoms with Crippen LogP contribution in [0.5, 0.6) is 5.75 Å². The summed E-state index contributed by atoms with van der Waals surface area (Å²) in [6.07, 6.45) is -1.47. The van der Waals surface area contributed by atoms with Crippen molar-refractivity contribution in [3.8, 4) is 5.75 Å². The number of hydrogen-bond acceptors (Lipinski definition) is 6. The first kappa shape index (κ1) is 34.8. The van der Waals surface area contributed by atoms with Gasteiger partial charge in [0.2, 0.25) is 0 Å². The minimum Gasteiger partial charge on any atom is -0.496 e. The van der Waals surface area contributed by atoms with Gasteiger partial charge in [0.25, 0.3) is 0 Å². The molecule has 0 aromatic heterocycles. The third-order valence-electron chi connectivity index (χ3n) is 6.93. The van der Waals surface area contributed by atoms with E-state index in [-0.39, 0.29) is 29.3 Å². The van der Waals surface area contributed by atoms with E-state index in [2.05, 4.69) is 12.2 Å². The number of hydrogen-bond donors (Lipinski definition) is 4. The molecule has 0 aliphatic carbocycles. The van der Waals surface area contributed by atoms with Gasteiger partial charge in [0, 0.05) is 5.54 Å². The van der Waals surface area contributed by atoms with Crippen molar-refractivity contribution in [1.29, 1.82) is 0 Å². The van der Waals surface area contributed by atoms with Crippen molar-refractivity contribution < 1.29 is 50.6 Å². The monoisotopic (exact) mass is 623 g/mol. The van der Waals surface area contributed by atoms with Crippen molar-refractivity contribution in [1.82, 2.24) is 5.32 Å². The summed E-state index contributed by atoms with van der Waals surface area (Å²) < 4.78 is 76.2. The summed E-state index contributed by atoms with van der Waals surface area (Å²) >= 11 is 0. The molecule has 3 rings (SSSR count). The highest BCUT2D eigenvalue weighted by Crippen LogP contribution is 2.42. The van der Waals surface area contributed by atoms with Gasteiger partial charge in [-0.1, -0.05) is 57.0 Å². The summed E-state index contributed by atoms with van der Waals surface area (Å²) in [6.45, 7) is 4.14. The predicted octanol–water partition coefficient (Wildman–Crippen LogP) is 5.24. The molecule has 230 valence electrons. The molecule has 0 spiro atoms. The number of alkyl halides is 3. The van der Waals surface area contributed by atoms with E-state index in [1.165, 1.54) is 7.11 Å². The van der Waals surface area contributed by atoms with Crippen molar-refractivity contribution in [2.24, 2.45) is 0 Å². The Kier molecular flexibility index (Phi) is 12.0. The van der Waals surface area contributed by atoms with Crippen LogP contribution in [0.3, 0.4) is 0 Å². The quantitative estimate of drug-likeness (QED) is 0.261. The average molecular weight is 624 g/mol. The summed E-state index contributed by atoms with van der Waals surface area (Å²) in [6, 6.07) is 12.9. The zero-order valence-corrected chi connectivity index (χ0v) is 24.9. The largest absolute Gasteiger partial charge is 0.496 e. The second-order valence-corrected chi connectivity index (χ2v) is 13.7. The van der Waals surface area contributed by atoms with E-state index in [9.17, 15) is 35.9 Å². The number of aryl methyl sites for hydroxylation is 1. The highest BCUT2D eigenvalue weighted by molar-refractivity contribution is 7.91. The molecule has 0 radical (unpaired) electrons. The molecule has 14 heteroatoms. The fourth-order valence-corrected chi connectivity index (χ4v) is 7.53. The number of unbranched alkanes of at least 4 members (excludes halogenated alkanes) is 1. The third kappa shape index (κ3) is 9.82. The SMILES string of the molecule is CCCC[C@]1(CC)CS(=O)(=O)c2cc(CCCP(=O)(O)O)c(OC)cc2[C@@H](c2ccccc2)N1.O=C(O)C(F)(F)F.